The van der Waals surface area contributed by atoms with Gasteiger partial charge in [-0.15, -0.1) is 11.3 Å². The lowest BCUT2D eigenvalue weighted by Gasteiger charge is -2.29. The molecular formula is C23H20ClN3OS. The molecule has 0 aliphatic carbocycles. The van der Waals surface area contributed by atoms with Gasteiger partial charge in [0, 0.05) is 40.1 Å². The zero-order chi connectivity index (χ0) is 20.0. The molecule has 0 fully saturated rings. The molecule has 6 heteroatoms. The Balaban J connectivity index is 1.42. The molecule has 146 valence electrons. The van der Waals surface area contributed by atoms with Crippen molar-refractivity contribution in [2.45, 2.75) is 26.2 Å². The first kappa shape index (κ1) is 18.4. The van der Waals surface area contributed by atoms with Gasteiger partial charge in [0.05, 0.1) is 12.1 Å². The third kappa shape index (κ3) is 3.45. The summed E-state index contributed by atoms with van der Waals surface area (Å²) in [7, 11) is 0. The highest BCUT2D eigenvalue weighted by molar-refractivity contribution is 7.15. The molecule has 1 aliphatic heterocycles. The molecule has 0 bridgehead atoms. The van der Waals surface area contributed by atoms with Crippen molar-refractivity contribution in [2.75, 3.05) is 11.4 Å². The highest BCUT2D eigenvalue weighted by Gasteiger charge is 2.23. The Labute approximate surface area is 178 Å². The molecule has 0 saturated heterocycles. The first-order valence-corrected chi connectivity index (χ1v) is 11.0. The summed E-state index contributed by atoms with van der Waals surface area (Å²) in [5.41, 5.74) is 6.45. The van der Waals surface area contributed by atoms with Crippen LogP contribution in [0.4, 0.5) is 5.69 Å². The molecular weight excluding hydrogens is 402 g/mol. The minimum Gasteiger partial charge on any atom is -0.312 e. The van der Waals surface area contributed by atoms with Gasteiger partial charge in [-0.2, -0.15) is 0 Å². The van der Waals surface area contributed by atoms with E-state index in [1.165, 1.54) is 11.1 Å². The van der Waals surface area contributed by atoms with Crippen LogP contribution in [0, 0.1) is 6.92 Å². The monoisotopic (exact) mass is 421 g/mol. The molecule has 2 aromatic heterocycles. The lowest BCUT2D eigenvalue weighted by molar-refractivity contribution is -0.118. The molecule has 2 aromatic carbocycles. The molecule has 4 aromatic rings. The normalized spacial score (nSPS) is 13.7. The first-order valence-electron chi connectivity index (χ1n) is 9.70. The van der Waals surface area contributed by atoms with Gasteiger partial charge >= 0.3 is 0 Å². The summed E-state index contributed by atoms with van der Waals surface area (Å²) in [6.45, 7) is 2.88. The van der Waals surface area contributed by atoms with Gasteiger partial charge in [0.15, 0.2) is 4.96 Å². The Hall–Kier alpha value is -2.63. The lowest BCUT2D eigenvalue weighted by atomic mass is 9.99. The summed E-state index contributed by atoms with van der Waals surface area (Å²) in [6, 6.07) is 14.0. The number of fused-ring (bicyclic) bond motifs is 2. The van der Waals surface area contributed by atoms with E-state index < -0.39 is 0 Å². The smallest absolute Gasteiger partial charge is 0.232 e. The van der Waals surface area contributed by atoms with Crippen LogP contribution in [0.3, 0.4) is 0 Å². The van der Waals surface area contributed by atoms with Gasteiger partial charge in [-0.05, 0) is 43.5 Å². The predicted octanol–water partition coefficient (Wildman–Crippen LogP) is 5.55. The van der Waals surface area contributed by atoms with Crippen LogP contribution >= 0.6 is 22.9 Å². The third-order valence-corrected chi connectivity index (χ3v) is 6.55. The highest BCUT2D eigenvalue weighted by Crippen LogP contribution is 2.30. The lowest BCUT2D eigenvalue weighted by Crippen LogP contribution is -2.36. The average Bonchev–Trinajstić information content (AvgIpc) is 3.30. The summed E-state index contributed by atoms with van der Waals surface area (Å²) in [4.78, 5) is 20.7. The topological polar surface area (TPSA) is 37.6 Å². The second-order valence-corrected chi connectivity index (χ2v) is 8.74. The Kier molecular flexibility index (Phi) is 4.64. The van der Waals surface area contributed by atoms with E-state index in [4.69, 9.17) is 16.6 Å². The fourth-order valence-corrected chi connectivity index (χ4v) is 4.95. The maximum atomic E-state index is 13.2. The largest absolute Gasteiger partial charge is 0.312 e. The Morgan fingerprint density at radius 1 is 1.21 bits per heavy atom. The van der Waals surface area contributed by atoms with Crippen molar-refractivity contribution >= 4 is 39.5 Å². The predicted molar refractivity (Wildman–Crippen MR) is 119 cm³/mol. The number of rotatable bonds is 3. The van der Waals surface area contributed by atoms with Crippen molar-refractivity contribution in [3.8, 4) is 11.3 Å². The molecule has 0 unspecified atom stereocenters. The van der Waals surface area contributed by atoms with Gasteiger partial charge in [0.25, 0.3) is 0 Å². The number of anilines is 1. The number of aryl methyl sites for hydroxylation is 2. The third-order valence-electron chi connectivity index (χ3n) is 5.41. The highest BCUT2D eigenvalue weighted by atomic mass is 35.5. The molecule has 3 heterocycles. The van der Waals surface area contributed by atoms with Crippen LogP contribution in [0.5, 0.6) is 0 Å². The van der Waals surface area contributed by atoms with Crippen LogP contribution in [-0.4, -0.2) is 21.8 Å². The minimum atomic E-state index is 0.135. The van der Waals surface area contributed by atoms with Gasteiger partial charge in [-0.1, -0.05) is 41.4 Å². The van der Waals surface area contributed by atoms with Crippen molar-refractivity contribution < 1.29 is 4.79 Å². The number of hydrogen-bond donors (Lipinski definition) is 0. The van der Waals surface area contributed by atoms with Crippen molar-refractivity contribution in [3.05, 3.63) is 75.9 Å². The van der Waals surface area contributed by atoms with E-state index in [0.717, 1.165) is 47.0 Å². The number of carbonyl (C=O) groups is 1. The van der Waals surface area contributed by atoms with Gasteiger partial charge in [0.2, 0.25) is 5.91 Å². The fraction of sp³-hybridized carbons (Fsp3) is 0.217. The maximum Gasteiger partial charge on any atom is 0.232 e. The Morgan fingerprint density at radius 3 is 2.86 bits per heavy atom. The number of carbonyl (C=O) groups excluding carboxylic acids is 1. The fourth-order valence-electron chi connectivity index (χ4n) is 3.95. The number of benzene rings is 2. The number of halogens is 1. The first-order chi connectivity index (χ1) is 14.1. The molecule has 5 rings (SSSR count). The van der Waals surface area contributed by atoms with Crippen molar-refractivity contribution in [3.63, 3.8) is 0 Å². The number of hydrogen-bond acceptors (Lipinski definition) is 3. The summed E-state index contributed by atoms with van der Waals surface area (Å²) < 4.78 is 2.03. The van der Waals surface area contributed by atoms with E-state index in [2.05, 4.69) is 25.1 Å². The zero-order valence-corrected chi connectivity index (χ0v) is 17.6. The van der Waals surface area contributed by atoms with Crippen molar-refractivity contribution in [1.82, 2.24) is 9.38 Å². The molecule has 29 heavy (non-hydrogen) atoms. The second kappa shape index (κ2) is 7.32. The molecule has 1 amide bonds. The number of nitrogens with zero attached hydrogens (tertiary/aromatic N) is 3. The van der Waals surface area contributed by atoms with Crippen LogP contribution in [0.1, 0.15) is 23.2 Å². The van der Waals surface area contributed by atoms with E-state index in [9.17, 15) is 4.79 Å². The average molecular weight is 422 g/mol. The minimum absolute atomic E-state index is 0.135. The van der Waals surface area contributed by atoms with E-state index in [-0.39, 0.29) is 5.91 Å². The number of imidazole rings is 1. The maximum absolute atomic E-state index is 13.2. The molecule has 0 atom stereocenters. The zero-order valence-electron chi connectivity index (χ0n) is 16.1. The Morgan fingerprint density at radius 2 is 2.03 bits per heavy atom. The van der Waals surface area contributed by atoms with Crippen LogP contribution in [0.2, 0.25) is 5.02 Å². The van der Waals surface area contributed by atoms with Crippen LogP contribution in [-0.2, 0) is 17.6 Å². The molecule has 0 saturated carbocycles. The van der Waals surface area contributed by atoms with E-state index >= 15 is 0 Å². The molecule has 1 aliphatic rings. The summed E-state index contributed by atoms with van der Waals surface area (Å²) in [6.07, 6.45) is 4.41. The molecule has 0 radical (unpaired) electrons. The van der Waals surface area contributed by atoms with Crippen LogP contribution < -0.4 is 4.90 Å². The number of amides is 1. The van der Waals surface area contributed by atoms with Gasteiger partial charge in [-0.3, -0.25) is 9.20 Å². The van der Waals surface area contributed by atoms with Gasteiger partial charge in [-0.25, -0.2) is 4.98 Å². The summed E-state index contributed by atoms with van der Waals surface area (Å²) in [5.74, 6) is 0.135. The van der Waals surface area contributed by atoms with Crippen LogP contribution in [0.15, 0.2) is 54.0 Å². The van der Waals surface area contributed by atoms with E-state index in [0.29, 0.717) is 11.4 Å². The quantitative estimate of drug-likeness (QED) is 0.435. The van der Waals surface area contributed by atoms with Crippen molar-refractivity contribution in [2.24, 2.45) is 0 Å². The molecule has 0 N–H and O–H groups in total. The van der Waals surface area contributed by atoms with E-state index in [1.807, 2.05) is 45.1 Å². The summed E-state index contributed by atoms with van der Waals surface area (Å²) >= 11 is 7.56. The van der Waals surface area contributed by atoms with E-state index in [1.54, 1.807) is 11.3 Å². The van der Waals surface area contributed by atoms with Gasteiger partial charge < -0.3 is 4.90 Å². The number of thiazole rings is 1. The standard InChI is InChI=1S/C23H20ClN3OS/c1-15-4-9-21-17(11-15)3-2-10-26(21)22(28)12-19-14-29-23-25-20(13-27(19)23)16-5-7-18(24)8-6-16/h4-9,11,13-14H,2-3,10,12H2,1H3. The SMILES string of the molecule is Cc1ccc2c(c1)CCCN2C(=O)Cc1csc2nc(-c3ccc(Cl)cc3)cn12. The van der Waals surface area contributed by atoms with Crippen molar-refractivity contribution in [1.29, 1.82) is 0 Å². The second-order valence-electron chi connectivity index (χ2n) is 7.47. The molecule has 0 spiro atoms. The summed E-state index contributed by atoms with van der Waals surface area (Å²) in [5, 5.41) is 2.74. The Bertz CT molecular complexity index is 1210. The van der Waals surface area contributed by atoms with Gasteiger partial charge in [0.1, 0.15) is 0 Å². The molecule has 4 nitrogen and oxygen atoms in total. The van der Waals surface area contributed by atoms with Crippen LogP contribution in [0.25, 0.3) is 16.2 Å². The number of aromatic nitrogens is 2.